The van der Waals surface area contributed by atoms with Crippen LogP contribution in [-0.2, 0) is 6.42 Å². The first kappa shape index (κ1) is 11.1. The van der Waals surface area contributed by atoms with E-state index in [0.717, 1.165) is 5.82 Å². The van der Waals surface area contributed by atoms with Gasteiger partial charge in [-0.3, -0.25) is 0 Å². The van der Waals surface area contributed by atoms with Gasteiger partial charge in [-0.15, -0.1) is 0 Å². The van der Waals surface area contributed by atoms with Gasteiger partial charge < -0.3 is 15.0 Å². The zero-order chi connectivity index (χ0) is 12.4. The second-order valence-electron chi connectivity index (χ2n) is 4.46. The number of aromatic nitrogens is 2. The molecule has 1 saturated carbocycles. The highest BCUT2D eigenvalue weighted by Crippen LogP contribution is 2.38. The number of rotatable bonds is 5. The Balaban J connectivity index is 1.53. The van der Waals surface area contributed by atoms with Crippen LogP contribution in [0.25, 0.3) is 0 Å². The lowest BCUT2D eigenvalue weighted by molar-refractivity contribution is 0.293. The average molecular weight is 245 g/mol. The van der Waals surface area contributed by atoms with Crippen molar-refractivity contribution in [2.24, 2.45) is 0 Å². The zero-order valence-electron chi connectivity index (χ0n) is 10.0. The van der Waals surface area contributed by atoms with Crippen molar-refractivity contribution >= 4 is 5.69 Å². The molecule has 0 amide bonds. The topological polar surface area (TPSA) is 74.2 Å². The highest BCUT2D eigenvalue weighted by atomic mass is 16.5. The van der Waals surface area contributed by atoms with Crippen molar-refractivity contribution in [3.8, 4) is 5.75 Å². The van der Waals surface area contributed by atoms with Crippen molar-refractivity contribution in [2.75, 3.05) is 12.3 Å². The van der Waals surface area contributed by atoms with Crippen LogP contribution < -0.4 is 10.5 Å². The maximum atomic E-state index is 5.78. The fraction of sp³-hybridized carbons (Fsp3) is 0.385. The van der Waals surface area contributed by atoms with Crippen LogP contribution >= 0.6 is 0 Å². The lowest BCUT2D eigenvalue weighted by Crippen LogP contribution is -2.03. The Kier molecular flexibility index (Phi) is 2.88. The number of benzene rings is 1. The second kappa shape index (κ2) is 4.68. The first-order valence-corrected chi connectivity index (χ1v) is 6.13. The number of ether oxygens (including phenoxy) is 1. The van der Waals surface area contributed by atoms with E-state index in [9.17, 15) is 0 Å². The minimum Gasteiger partial charge on any atom is -0.491 e. The molecule has 5 nitrogen and oxygen atoms in total. The maximum absolute atomic E-state index is 5.78. The van der Waals surface area contributed by atoms with E-state index in [0.29, 0.717) is 36.3 Å². The molecule has 5 heteroatoms. The summed E-state index contributed by atoms with van der Waals surface area (Å²) in [7, 11) is 0. The summed E-state index contributed by atoms with van der Waals surface area (Å²) in [5.41, 5.74) is 6.42. The quantitative estimate of drug-likeness (QED) is 0.817. The molecule has 1 aliphatic carbocycles. The van der Waals surface area contributed by atoms with E-state index in [1.807, 2.05) is 24.3 Å². The van der Waals surface area contributed by atoms with Crippen LogP contribution in [0.1, 0.15) is 30.5 Å². The van der Waals surface area contributed by atoms with E-state index < -0.39 is 0 Å². The second-order valence-corrected chi connectivity index (χ2v) is 4.46. The molecule has 0 bridgehead atoms. The Hall–Kier alpha value is -2.04. The van der Waals surface area contributed by atoms with Crippen molar-refractivity contribution < 1.29 is 9.26 Å². The summed E-state index contributed by atoms with van der Waals surface area (Å²) in [5.74, 6) is 2.68. The summed E-state index contributed by atoms with van der Waals surface area (Å²) in [4.78, 5) is 4.34. The van der Waals surface area contributed by atoms with E-state index in [1.54, 1.807) is 0 Å². The van der Waals surface area contributed by atoms with Crippen LogP contribution in [0.5, 0.6) is 5.75 Å². The fourth-order valence-corrected chi connectivity index (χ4v) is 1.74. The molecule has 2 N–H and O–H groups in total. The third-order valence-electron chi connectivity index (χ3n) is 2.92. The Morgan fingerprint density at radius 1 is 1.33 bits per heavy atom. The molecule has 3 rings (SSSR count). The lowest BCUT2D eigenvalue weighted by Gasteiger charge is -2.06. The predicted molar refractivity (Wildman–Crippen MR) is 66.3 cm³/mol. The van der Waals surface area contributed by atoms with Gasteiger partial charge in [-0.2, -0.15) is 4.98 Å². The highest BCUT2D eigenvalue weighted by molar-refractivity contribution is 5.51. The Bertz CT molecular complexity index is 535. The van der Waals surface area contributed by atoms with Gasteiger partial charge >= 0.3 is 0 Å². The molecule has 0 unspecified atom stereocenters. The molecule has 1 aliphatic rings. The number of hydrogen-bond acceptors (Lipinski definition) is 5. The van der Waals surface area contributed by atoms with E-state index in [1.165, 1.54) is 12.8 Å². The molecular weight excluding hydrogens is 230 g/mol. The molecule has 0 aliphatic heterocycles. The van der Waals surface area contributed by atoms with Crippen molar-refractivity contribution in [1.29, 1.82) is 0 Å². The van der Waals surface area contributed by atoms with Crippen molar-refractivity contribution in [2.45, 2.75) is 25.2 Å². The van der Waals surface area contributed by atoms with Gasteiger partial charge in [0.15, 0.2) is 5.82 Å². The first-order valence-electron chi connectivity index (χ1n) is 6.13. The van der Waals surface area contributed by atoms with Gasteiger partial charge in [-0.25, -0.2) is 0 Å². The van der Waals surface area contributed by atoms with Crippen LogP contribution in [-0.4, -0.2) is 16.7 Å². The number of hydrogen-bond donors (Lipinski definition) is 1. The lowest BCUT2D eigenvalue weighted by atomic mass is 10.3. The largest absolute Gasteiger partial charge is 0.491 e. The van der Waals surface area contributed by atoms with Gasteiger partial charge in [0, 0.05) is 5.92 Å². The predicted octanol–water partition coefficient (Wildman–Crippen LogP) is 2.15. The zero-order valence-corrected chi connectivity index (χ0v) is 10.0. The van der Waals surface area contributed by atoms with Gasteiger partial charge in [0.2, 0.25) is 5.89 Å². The number of nitrogen functional groups attached to an aromatic ring is 1. The van der Waals surface area contributed by atoms with Gasteiger partial charge in [-0.1, -0.05) is 17.3 Å². The van der Waals surface area contributed by atoms with Gasteiger partial charge in [0.25, 0.3) is 0 Å². The normalized spacial score (nSPS) is 14.7. The van der Waals surface area contributed by atoms with Crippen LogP contribution in [0, 0.1) is 0 Å². The van der Waals surface area contributed by atoms with Crippen LogP contribution in [0.4, 0.5) is 5.69 Å². The number of anilines is 1. The van der Waals surface area contributed by atoms with E-state index in [-0.39, 0.29) is 0 Å². The van der Waals surface area contributed by atoms with Crippen molar-refractivity contribution in [3.05, 3.63) is 36.0 Å². The molecule has 1 heterocycles. The summed E-state index contributed by atoms with van der Waals surface area (Å²) in [6, 6.07) is 7.43. The van der Waals surface area contributed by atoms with E-state index in [2.05, 4.69) is 10.1 Å². The summed E-state index contributed by atoms with van der Waals surface area (Å²) in [6.45, 7) is 0.487. The molecule has 1 aromatic carbocycles. The minimum absolute atomic E-state index is 0.487. The molecule has 0 saturated heterocycles. The van der Waals surface area contributed by atoms with Crippen molar-refractivity contribution in [1.82, 2.24) is 10.1 Å². The molecular formula is C13H15N3O2. The SMILES string of the molecule is Nc1ccccc1OCCc1nc(C2CC2)no1. The third-order valence-corrected chi connectivity index (χ3v) is 2.92. The monoisotopic (exact) mass is 245 g/mol. The summed E-state index contributed by atoms with van der Waals surface area (Å²) in [6.07, 6.45) is 2.96. The smallest absolute Gasteiger partial charge is 0.230 e. The molecule has 0 radical (unpaired) electrons. The molecule has 0 atom stereocenters. The summed E-state index contributed by atoms with van der Waals surface area (Å²) in [5, 5.41) is 3.96. The Morgan fingerprint density at radius 2 is 2.17 bits per heavy atom. The Morgan fingerprint density at radius 3 is 2.94 bits per heavy atom. The average Bonchev–Trinajstić information content (AvgIpc) is 3.12. The highest BCUT2D eigenvalue weighted by Gasteiger charge is 2.28. The maximum Gasteiger partial charge on any atom is 0.230 e. The standard InChI is InChI=1S/C13H15N3O2/c14-10-3-1-2-4-11(10)17-8-7-12-15-13(16-18-12)9-5-6-9/h1-4,9H,5-8,14H2. The van der Waals surface area contributed by atoms with Crippen molar-refractivity contribution in [3.63, 3.8) is 0 Å². The molecule has 2 aromatic rings. The van der Waals surface area contributed by atoms with Gasteiger partial charge in [0.05, 0.1) is 18.7 Å². The van der Waals surface area contributed by atoms with Crippen LogP contribution in [0.2, 0.25) is 0 Å². The number of para-hydroxylation sites is 2. The minimum atomic E-state index is 0.487. The molecule has 1 fully saturated rings. The summed E-state index contributed by atoms with van der Waals surface area (Å²) < 4.78 is 10.7. The fourth-order valence-electron chi connectivity index (χ4n) is 1.74. The van der Waals surface area contributed by atoms with E-state index >= 15 is 0 Å². The van der Waals surface area contributed by atoms with Gasteiger partial charge in [-0.05, 0) is 25.0 Å². The van der Waals surface area contributed by atoms with Crippen LogP contribution in [0.3, 0.4) is 0 Å². The third kappa shape index (κ3) is 2.45. The van der Waals surface area contributed by atoms with Gasteiger partial charge in [0.1, 0.15) is 5.75 Å². The van der Waals surface area contributed by atoms with Crippen LogP contribution in [0.15, 0.2) is 28.8 Å². The number of nitrogens with zero attached hydrogens (tertiary/aromatic N) is 2. The molecule has 94 valence electrons. The summed E-state index contributed by atoms with van der Waals surface area (Å²) >= 11 is 0. The molecule has 0 spiro atoms. The Labute approximate surface area is 105 Å². The van der Waals surface area contributed by atoms with E-state index in [4.69, 9.17) is 15.0 Å². The first-order chi connectivity index (χ1) is 8.83. The molecule has 1 aromatic heterocycles. The molecule has 18 heavy (non-hydrogen) atoms. The number of nitrogens with two attached hydrogens (primary N) is 1.